The molecule has 1 aromatic carbocycles. The Morgan fingerprint density at radius 3 is 2.83 bits per heavy atom. The fourth-order valence-electron chi connectivity index (χ4n) is 2.57. The molecule has 0 spiro atoms. The zero-order valence-electron chi connectivity index (χ0n) is 13.1. The van der Waals surface area contributed by atoms with Crippen LogP contribution in [0.3, 0.4) is 0 Å². The summed E-state index contributed by atoms with van der Waals surface area (Å²) in [5, 5.41) is 4.12. The third-order valence-corrected chi connectivity index (χ3v) is 3.98. The lowest BCUT2D eigenvalue weighted by molar-refractivity contribution is 0.0955. The van der Waals surface area contributed by atoms with Gasteiger partial charge in [0, 0.05) is 35.8 Å². The average Bonchev–Trinajstić information content (AvgIpc) is 2.55. The molecule has 1 amide bonds. The molecule has 3 rings (SSSR count). The predicted octanol–water partition coefficient (Wildman–Crippen LogP) is 2.86. The highest BCUT2D eigenvalue weighted by atomic mass is 35.5. The molecule has 0 unspecified atom stereocenters. The van der Waals surface area contributed by atoms with Gasteiger partial charge in [0.2, 0.25) is 5.56 Å². The first kappa shape index (κ1) is 16.2. The summed E-state index contributed by atoms with van der Waals surface area (Å²) >= 11 is 6.18. The smallest absolute Gasteiger partial charge is 0.252 e. The highest BCUT2D eigenvalue weighted by Crippen LogP contribution is 2.25. The number of nitrogens with one attached hydrogen (secondary N) is 2. The average molecular weight is 342 g/mol. The van der Waals surface area contributed by atoms with E-state index in [2.05, 4.69) is 15.3 Å². The minimum absolute atomic E-state index is 0.149. The Kier molecular flexibility index (Phi) is 4.62. The van der Waals surface area contributed by atoms with Gasteiger partial charge >= 0.3 is 0 Å². The summed E-state index contributed by atoms with van der Waals surface area (Å²) in [7, 11) is 0. The molecule has 5 nitrogen and oxygen atoms in total. The van der Waals surface area contributed by atoms with Gasteiger partial charge in [-0.25, -0.2) is 0 Å². The molecule has 0 fully saturated rings. The number of benzene rings is 1. The molecule has 0 aliphatic carbocycles. The third kappa shape index (κ3) is 3.46. The van der Waals surface area contributed by atoms with E-state index in [1.807, 2.05) is 19.1 Å². The molecule has 0 saturated carbocycles. The quantitative estimate of drug-likeness (QED) is 0.766. The lowest BCUT2D eigenvalue weighted by Gasteiger charge is -2.10. The fraction of sp³-hybridized carbons (Fsp3) is 0.167. The molecular weight excluding hydrogens is 326 g/mol. The number of aromatic nitrogens is 2. The maximum absolute atomic E-state index is 12.5. The minimum Gasteiger partial charge on any atom is -0.352 e. The molecule has 0 aliphatic heterocycles. The van der Waals surface area contributed by atoms with Crippen LogP contribution in [0.15, 0.2) is 47.3 Å². The van der Waals surface area contributed by atoms with Gasteiger partial charge in [0.1, 0.15) is 0 Å². The fourth-order valence-corrected chi connectivity index (χ4v) is 2.79. The van der Waals surface area contributed by atoms with Gasteiger partial charge in [-0.15, -0.1) is 0 Å². The summed E-state index contributed by atoms with van der Waals surface area (Å²) in [5.41, 5.74) is 2.53. The monoisotopic (exact) mass is 341 g/mol. The maximum atomic E-state index is 12.5. The van der Waals surface area contributed by atoms with Crippen LogP contribution in [-0.4, -0.2) is 22.4 Å². The molecule has 2 aromatic heterocycles. The number of rotatable bonds is 4. The SMILES string of the molecule is Cc1cc(C(=O)NCCc2cccc(=O)[nH]2)c2cccc(Cl)c2n1. The van der Waals surface area contributed by atoms with Crippen LogP contribution in [0.2, 0.25) is 5.02 Å². The molecule has 0 aliphatic rings. The Morgan fingerprint density at radius 2 is 2.04 bits per heavy atom. The zero-order chi connectivity index (χ0) is 17.1. The summed E-state index contributed by atoms with van der Waals surface area (Å²) < 4.78 is 0. The van der Waals surface area contributed by atoms with Crippen molar-refractivity contribution in [2.24, 2.45) is 0 Å². The van der Waals surface area contributed by atoms with Crippen molar-refractivity contribution in [1.29, 1.82) is 0 Å². The number of carbonyl (C=O) groups is 1. The topological polar surface area (TPSA) is 74.8 Å². The number of hydrogen-bond acceptors (Lipinski definition) is 3. The van der Waals surface area contributed by atoms with E-state index in [1.165, 1.54) is 6.07 Å². The van der Waals surface area contributed by atoms with Crippen LogP contribution in [0.5, 0.6) is 0 Å². The van der Waals surface area contributed by atoms with E-state index >= 15 is 0 Å². The van der Waals surface area contributed by atoms with Crippen molar-refractivity contribution in [2.45, 2.75) is 13.3 Å². The zero-order valence-corrected chi connectivity index (χ0v) is 13.9. The van der Waals surface area contributed by atoms with Gasteiger partial charge in [-0.2, -0.15) is 0 Å². The molecule has 122 valence electrons. The molecule has 0 atom stereocenters. The number of hydrogen-bond donors (Lipinski definition) is 2. The summed E-state index contributed by atoms with van der Waals surface area (Å²) in [5.74, 6) is -0.189. The van der Waals surface area contributed by atoms with Crippen molar-refractivity contribution >= 4 is 28.4 Å². The highest BCUT2D eigenvalue weighted by molar-refractivity contribution is 6.35. The standard InChI is InChI=1S/C18H16ClN3O2/c1-11-10-14(13-5-3-6-15(19)17(13)21-11)18(24)20-9-8-12-4-2-7-16(23)22-12/h2-7,10H,8-9H2,1H3,(H,20,24)(H,22,23). The molecule has 0 radical (unpaired) electrons. The largest absolute Gasteiger partial charge is 0.352 e. The van der Waals surface area contributed by atoms with E-state index in [9.17, 15) is 9.59 Å². The van der Waals surface area contributed by atoms with Crippen LogP contribution in [0.4, 0.5) is 0 Å². The van der Waals surface area contributed by atoms with Crippen LogP contribution in [0, 0.1) is 6.92 Å². The van der Waals surface area contributed by atoms with Gasteiger partial charge in [-0.1, -0.05) is 29.8 Å². The van der Waals surface area contributed by atoms with E-state index in [4.69, 9.17) is 11.6 Å². The third-order valence-electron chi connectivity index (χ3n) is 3.67. The number of pyridine rings is 2. The van der Waals surface area contributed by atoms with Gasteiger partial charge in [-0.3, -0.25) is 14.6 Å². The van der Waals surface area contributed by atoms with E-state index in [-0.39, 0.29) is 11.5 Å². The first-order chi connectivity index (χ1) is 11.5. The van der Waals surface area contributed by atoms with E-state index < -0.39 is 0 Å². The van der Waals surface area contributed by atoms with Crippen molar-refractivity contribution in [2.75, 3.05) is 6.54 Å². The van der Waals surface area contributed by atoms with Crippen molar-refractivity contribution in [3.05, 3.63) is 74.8 Å². The summed E-state index contributed by atoms with van der Waals surface area (Å²) in [4.78, 5) is 30.9. The lowest BCUT2D eigenvalue weighted by Crippen LogP contribution is -2.26. The maximum Gasteiger partial charge on any atom is 0.252 e. The van der Waals surface area contributed by atoms with Crippen LogP contribution < -0.4 is 10.9 Å². The number of carbonyl (C=O) groups excluding carboxylic acids is 1. The number of para-hydroxylation sites is 1. The van der Waals surface area contributed by atoms with Crippen molar-refractivity contribution in [3.63, 3.8) is 0 Å². The molecule has 2 N–H and O–H groups in total. The van der Waals surface area contributed by atoms with Crippen LogP contribution >= 0.6 is 11.6 Å². The van der Waals surface area contributed by atoms with Gasteiger partial charge in [-0.05, 0) is 25.1 Å². The number of aromatic amines is 1. The molecule has 0 saturated heterocycles. The molecule has 2 heterocycles. The number of H-pyrrole nitrogens is 1. The second kappa shape index (κ2) is 6.84. The lowest BCUT2D eigenvalue weighted by atomic mass is 10.1. The number of halogens is 1. The second-order valence-corrected chi connectivity index (χ2v) is 5.90. The number of aryl methyl sites for hydroxylation is 1. The van der Waals surface area contributed by atoms with Gasteiger partial charge in [0.25, 0.3) is 5.91 Å². The Balaban J connectivity index is 1.79. The van der Waals surface area contributed by atoms with Gasteiger partial charge in [0.15, 0.2) is 0 Å². The molecule has 24 heavy (non-hydrogen) atoms. The Labute approximate surface area is 143 Å². The summed E-state index contributed by atoms with van der Waals surface area (Å²) in [6.45, 7) is 2.25. The Bertz CT molecular complexity index is 966. The van der Waals surface area contributed by atoms with E-state index in [0.29, 0.717) is 29.1 Å². The van der Waals surface area contributed by atoms with Crippen molar-refractivity contribution in [1.82, 2.24) is 15.3 Å². The first-order valence-electron chi connectivity index (χ1n) is 7.57. The van der Waals surface area contributed by atoms with Gasteiger partial charge in [0.05, 0.1) is 16.1 Å². The normalized spacial score (nSPS) is 10.8. The molecule has 6 heteroatoms. The van der Waals surface area contributed by atoms with Crippen molar-refractivity contribution in [3.8, 4) is 0 Å². The first-order valence-corrected chi connectivity index (χ1v) is 7.94. The van der Waals surface area contributed by atoms with E-state index in [0.717, 1.165) is 16.8 Å². The number of amides is 1. The molecule has 0 bridgehead atoms. The Hall–Kier alpha value is -2.66. The Morgan fingerprint density at radius 1 is 1.25 bits per heavy atom. The predicted molar refractivity (Wildman–Crippen MR) is 94.6 cm³/mol. The molecule has 3 aromatic rings. The highest BCUT2D eigenvalue weighted by Gasteiger charge is 2.13. The van der Waals surface area contributed by atoms with E-state index in [1.54, 1.807) is 24.3 Å². The second-order valence-electron chi connectivity index (χ2n) is 5.49. The van der Waals surface area contributed by atoms with Crippen LogP contribution in [-0.2, 0) is 6.42 Å². The number of fused-ring (bicyclic) bond motifs is 1. The van der Waals surface area contributed by atoms with Crippen LogP contribution in [0.25, 0.3) is 10.9 Å². The number of nitrogens with zero attached hydrogens (tertiary/aromatic N) is 1. The van der Waals surface area contributed by atoms with Gasteiger partial charge < -0.3 is 10.3 Å². The van der Waals surface area contributed by atoms with Crippen LogP contribution in [0.1, 0.15) is 21.7 Å². The summed E-state index contributed by atoms with van der Waals surface area (Å²) in [6, 6.07) is 12.1. The van der Waals surface area contributed by atoms with Crippen molar-refractivity contribution < 1.29 is 4.79 Å². The minimum atomic E-state index is -0.189. The summed E-state index contributed by atoms with van der Waals surface area (Å²) in [6.07, 6.45) is 0.546. The molecular formula is C18H16ClN3O2.